The van der Waals surface area contributed by atoms with Crippen LogP contribution in [0.15, 0.2) is 12.2 Å². The lowest BCUT2D eigenvalue weighted by atomic mass is 10.1. The average molecular weight is 322 g/mol. The quantitative estimate of drug-likeness (QED) is 0.507. The molecule has 0 saturated carbocycles. The fourth-order valence-electron chi connectivity index (χ4n) is 1.64. The number of amides is 1. The standard InChI is InChI=1S/C8H15NO4S.C6H15N/c1-6(2)7(10)9-8(3,4)5-14(11,12)13;1-4-7(5-2)6-3/h1,5H2,2-4H3,(H,9,10)(H,11,12,13);4-6H2,1-3H3. The van der Waals surface area contributed by atoms with Gasteiger partial charge in [0.05, 0.1) is 35.5 Å². The monoisotopic (exact) mass is 322 g/mol. The van der Waals surface area contributed by atoms with E-state index >= 15 is 0 Å². The Balaban J connectivity index is 0. The summed E-state index contributed by atoms with van der Waals surface area (Å²) in [6, 6.07) is 0. The molecule has 0 aliphatic carbocycles. The summed E-state index contributed by atoms with van der Waals surface area (Å²) in [6.45, 7) is 18.3. The van der Waals surface area contributed by atoms with E-state index in [1.165, 1.54) is 40.4 Å². The Hall–Kier alpha value is -0.920. The number of rotatable bonds is 7. The minimum Gasteiger partial charge on any atom is -0.748 e. The normalized spacial score (nSPS) is 11.6. The summed E-state index contributed by atoms with van der Waals surface area (Å²) in [6.07, 6.45) is 0. The number of hydrogen-bond acceptors (Lipinski definition) is 4. The van der Waals surface area contributed by atoms with Crippen LogP contribution >= 0.6 is 0 Å². The van der Waals surface area contributed by atoms with Crippen molar-refractivity contribution < 1.29 is 22.7 Å². The summed E-state index contributed by atoms with van der Waals surface area (Å²) in [4.78, 5) is 12.8. The molecule has 0 unspecified atom stereocenters. The largest absolute Gasteiger partial charge is 0.748 e. The number of carbonyl (C=O) groups excluding carboxylic acids is 1. The molecule has 0 bridgehead atoms. The second-order valence-corrected chi connectivity index (χ2v) is 7.04. The highest BCUT2D eigenvalue weighted by molar-refractivity contribution is 7.85. The second kappa shape index (κ2) is 9.92. The summed E-state index contributed by atoms with van der Waals surface area (Å²) in [5.41, 5.74) is -0.808. The third-order valence-corrected chi connectivity index (χ3v) is 3.95. The summed E-state index contributed by atoms with van der Waals surface area (Å²) in [5.74, 6) is -1.10. The van der Waals surface area contributed by atoms with Crippen molar-refractivity contribution >= 4 is 16.0 Å². The van der Waals surface area contributed by atoms with Gasteiger partial charge in [0.1, 0.15) is 0 Å². The predicted molar refractivity (Wildman–Crippen MR) is 84.2 cm³/mol. The van der Waals surface area contributed by atoms with Crippen LogP contribution in [0.2, 0.25) is 0 Å². The van der Waals surface area contributed by atoms with E-state index in [-0.39, 0.29) is 5.57 Å². The molecule has 0 aromatic carbocycles. The first kappa shape index (κ1) is 22.4. The van der Waals surface area contributed by atoms with Gasteiger partial charge in [-0.2, -0.15) is 0 Å². The van der Waals surface area contributed by atoms with Gasteiger partial charge in [0, 0.05) is 11.1 Å². The molecule has 0 heterocycles. The Morgan fingerprint density at radius 1 is 1.19 bits per heavy atom. The zero-order valence-electron chi connectivity index (χ0n) is 14.1. The Kier molecular flexibility index (Phi) is 10.6. The van der Waals surface area contributed by atoms with Gasteiger partial charge in [0.25, 0.3) is 0 Å². The summed E-state index contributed by atoms with van der Waals surface area (Å²) >= 11 is 0. The molecule has 7 heteroatoms. The molecule has 0 aliphatic rings. The minimum atomic E-state index is -4.35. The lowest BCUT2D eigenvalue weighted by Crippen LogP contribution is -3.11. The van der Waals surface area contributed by atoms with Gasteiger partial charge in [-0.15, -0.1) is 0 Å². The Morgan fingerprint density at radius 2 is 1.57 bits per heavy atom. The molecule has 126 valence electrons. The fourth-order valence-corrected chi connectivity index (χ4v) is 2.60. The van der Waals surface area contributed by atoms with Gasteiger partial charge in [-0.05, 0) is 41.5 Å². The predicted octanol–water partition coefficient (Wildman–Crippen LogP) is -0.0665. The van der Waals surface area contributed by atoms with Crippen molar-refractivity contribution in [2.45, 2.75) is 47.1 Å². The fraction of sp³-hybridized carbons (Fsp3) is 0.786. The highest BCUT2D eigenvalue weighted by Gasteiger charge is 2.23. The molecule has 1 amide bonds. The molecule has 0 aliphatic heterocycles. The molecule has 0 atom stereocenters. The Morgan fingerprint density at radius 3 is 1.76 bits per heavy atom. The summed E-state index contributed by atoms with van der Waals surface area (Å²) < 4.78 is 31.4. The van der Waals surface area contributed by atoms with E-state index in [4.69, 9.17) is 0 Å². The van der Waals surface area contributed by atoms with Crippen molar-refractivity contribution in [2.75, 3.05) is 25.4 Å². The molecule has 0 radical (unpaired) electrons. The van der Waals surface area contributed by atoms with Crippen molar-refractivity contribution in [3.63, 3.8) is 0 Å². The molecule has 0 aromatic heterocycles. The van der Waals surface area contributed by atoms with Crippen LogP contribution in [-0.2, 0) is 14.9 Å². The molecule has 2 N–H and O–H groups in total. The average Bonchev–Trinajstić information content (AvgIpc) is 2.28. The zero-order chi connectivity index (χ0) is 17.3. The summed E-state index contributed by atoms with van der Waals surface area (Å²) in [7, 11) is -4.35. The van der Waals surface area contributed by atoms with E-state index in [2.05, 4.69) is 32.7 Å². The van der Waals surface area contributed by atoms with Crippen LogP contribution < -0.4 is 10.2 Å². The van der Waals surface area contributed by atoms with Gasteiger partial charge in [-0.3, -0.25) is 4.79 Å². The van der Waals surface area contributed by atoms with Crippen molar-refractivity contribution in [3.8, 4) is 0 Å². The highest BCUT2D eigenvalue weighted by atomic mass is 32.2. The maximum absolute atomic E-state index is 11.1. The Labute approximate surface area is 129 Å². The van der Waals surface area contributed by atoms with Crippen molar-refractivity contribution in [1.29, 1.82) is 0 Å². The van der Waals surface area contributed by atoms with Crippen LogP contribution in [0, 0.1) is 0 Å². The third kappa shape index (κ3) is 13.8. The van der Waals surface area contributed by atoms with E-state index in [1.54, 1.807) is 4.90 Å². The van der Waals surface area contributed by atoms with E-state index < -0.39 is 27.3 Å². The van der Waals surface area contributed by atoms with Crippen LogP contribution in [0.5, 0.6) is 0 Å². The van der Waals surface area contributed by atoms with Crippen LogP contribution in [0.1, 0.15) is 41.5 Å². The molecule has 0 spiro atoms. The van der Waals surface area contributed by atoms with Crippen LogP contribution in [0.3, 0.4) is 0 Å². The second-order valence-electron chi connectivity index (χ2n) is 5.63. The van der Waals surface area contributed by atoms with E-state index in [0.717, 1.165) is 0 Å². The van der Waals surface area contributed by atoms with Crippen LogP contribution in [-0.4, -0.2) is 49.8 Å². The first-order chi connectivity index (χ1) is 9.38. The van der Waals surface area contributed by atoms with Crippen molar-refractivity contribution in [3.05, 3.63) is 12.2 Å². The van der Waals surface area contributed by atoms with Crippen LogP contribution in [0.4, 0.5) is 0 Å². The Bertz CT molecular complexity index is 421. The zero-order valence-corrected chi connectivity index (χ0v) is 14.9. The minimum absolute atomic E-state index is 0.265. The molecule has 0 aromatic rings. The number of nitrogens with one attached hydrogen (secondary N) is 2. The van der Waals surface area contributed by atoms with Crippen LogP contribution in [0.25, 0.3) is 0 Å². The van der Waals surface area contributed by atoms with Gasteiger partial charge in [-0.1, -0.05) is 6.58 Å². The molecular formula is C14H30N2O4S. The van der Waals surface area contributed by atoms with Gasteiger partial charge in [0.2, 0.25) is 5.91 Å². The molecule has 21 heavy (non-hydrogen) atoms. The van der Waals surface area contributed by atoms with E-state index in [0.29, 0.717) is 0 Å². The highest BCUT2D eigenvalue weighted by Crippen LogP contribution is 2.06. The van der Waals surface area contributed by atoms with E-state index in [1.807, 2.05) is 0 Å². The molecule has 0 saturated heterocycles. The van der Waals surface area contributed by atoms with Crippen molar-refractivity contribution in [2.24, 2.45) is 0 Å². The molecule has 0 rings (SSSR count). The van der Waals surface area contributed by atoms with Gasteiger partial charge >= 0.3 is 0 Å². The number of quaternary nitrogens is 1. The van der Waals surface area contributed by atoms with E-state index in [9.17, 15) is 17.8 Å². The first-order valence-electron chi connectivity index (χ1n) is 7.13. The van der Waals surface area contributed by atoms with Gasteiger partial charge in [-0.25, -0.2) is 8.42 Å². The van der Waals surface area contributed by atoms with Gasteiger partial charge < -0.3 is 14.8 Å². The topological polar surface area (TPSA) is 90.7 Å². The lowest BCUT2D eigenvalue weighted by Gasteiger charge is -2.27. The maximum Gasteiger partial charge on any atom is 0.246 e. The number of carbonyl (C=O) groups is 1. The first-order valence-corrected chi connectivity index (χ1v) is 8.71. The molecule has 0 fully saturated rings. The number of hydrogen-bond donors (Lipinski definition) is 2. The third-order valence-electron chi connectivity index (χ3n) is 2.88. The molecular weight excluding hydrogens is 292 g/mol. The maximum atomic E-state index is 11.1. The SMILES string of the molecule is C=C(C)C(=O)NC(C)(C)CS(=O)(=O)[O-].CC[NH+](CC)CC. The molecule has 6 nitrogen and oxygen atoms in total. The lowest BCUT2D eigenvalue weighted by molar-refractivity contribution is -0.894. The summed E-state index contributed by atoms with van der Waals surface area (Å²) in [5, 5.41) is 2.39. The van der Waals surface area contributed by atoms with Crippen molar-refractivity contribution in [1.82, 2.24) is 5.32 Å². The smallest absolute Gasteiger partial charge is 0.246 e. The van der Waals surface area contributed by atoms with Gasteiger partial charge in [0.15, 0.2) is 0 Å².